The second kappa shape index (κ2) is 33.8. The zero-order chi connectivity index (χ0) is 70.8. The number of amides is 3. The van der Waals surface area contributed by atoms with Gasteiger partial charge in [0.15, 0.2) is 50.3 Å². The van der Waals surface area contributed by atoms with E-state index in [2.05, 4.69) is 16.0 Å². The summed E-state index contributed by atoms with van der Waals surface area (Å²) in [5, 5.41) is 240. The molecule has 40 atom stereocenters. The number of hydrogen-bond acceptors (Lipinski definition) is 39. The largest absolute Gasteiger partial charge is 0.394 e. The highest BCUT2D eigenvalue weighted by Gasteiger charge is 2.61. The lowest BCUT2D eigenvalue weighted by Gasteiger charge is -2.53. The monoisotopic (exact) mass is 1410 g/mol. The highest BCUT2D eigenvalue weighted by atomic mass is 16.8. The lowest BCUT2D eigenvalue weighted by molar-refractivity contribution is -0.418. The van der Waals surface area contributed by atoms with Crippen LogP contribution in [0, 0.1) is 0 Å². The van der Waals surface area contributed by atoms with Crippen molar-refractivity contribution in [3.8, 4) is 0 Å². The van der Waals surface area contributed by atoms with Crippen LogP contribution in [0.15, 0.2) is 0 Å². The van der Waals surface area contributed by atoms with Gasteiger partial charge in [0.1, 0.15) is 183 Å². The molecule has 0 aromatic carbocycles. The smallest absolute Gasteiger partial charge is 0.217 e. The molecular formula is C54H91N3O39. The summed E-state index contributed by atoms with van der Waals surface area (Å²) in [4.78, 5) is 38.4. The summed E-state index contributed by atoms with van der Waals surface area (Å²) in [7, 11) is 0. The molecule has 0 radical (unpaired) electrons. The van der Waals surface area contributed by atoms with Crippen molar-refractivity contribution in [3.05, 3.63) is 0 Å². The molecular weight excluding hydrogens is 1310 g/mol. The van der Waals surface area contributed by atoms with Crippen LogP contribution in [0.1, 0.15) is 34.6 Å². The van der Waals surface area contributed by atoms with Crippen LogP contribution in [0.4, 0.5) is 0 Å². The molecule has 8 rings (SSSR count). The van der Waals surface area contributed by atoms with Crippen LogP contribution in [0.25, 0.3) is 0 Å². The molecule has 3 amide bonds. The fourth-order valence-electron chi connectivity index (χ4n) is 12.4. The third-order valence-electron chi connectivity index (χ3n) is 17.8. The molecule has 42 heteroatoms. The minimum atomic E-state index is -2.47. The summed E-state index contributed by atoms with van der Waals surface area (Å²) in [6, 6.07) is -5.46. The maximum Gasteiger partial charge on any atom is 0.217 e. The molecule has 0 unspecified atom stereocenters. The van der Waals surface area contributed by atoms with Crippen LogP contribution in [-0.2, 0) is 85.4 Å². The maximum absolute atomic E-state index is 13.2. The molecule has 8 heterocycles. The van der Waals surface area contributed by atoms with Gasteiger partial charge in [0.05, 0.1) is 51.8 Å². The Kier molecular flexibility index (Phi) is 27.7. The first-order valence-electron chi connectivity index (χ1n) is 30.8. The van der Waals surface area contributed by atoms with Crippen molar-refractivity contribution in [1.29, 1.82) is 0 Å². The van der Waals surface area contributed by atoms with Crippen LogP contribution in [-0.4, -0.2) is 410 Å². The predicted octanol–water partition coefficient (Wildman–Crippen LogP) is -16.0. The zero-order valence-electron chi connectivity index (χ0n) is 52.1. The SMILES string of the molecule is CC(=O)N[C@@H]1[C@@H](O[C@@H]2O[C@H](CO[C@@H]3O[C@H](CO)[C@@H](O)[C@H](O)[C@H]3NC(C)=O)[C@H](O)[C@H](O[C@@H]3O[C@H](CO)[C@H](O)[C@H](O[C@H]4O[C@H](CO)[C@H](O)[C@H](O[C@H]5O[C@H](CO)[C@H](O)[C@H](O)[C@H]5O)[C@H]4NC(C)=O)[C@H]3O[C@@H]3O[C@@H](C)[C@@H](O)[C@@H](O)[C@@H]3O)[C@H]2O[C@@H]2O[C@@H](C)[C@@H](O)[C@@H](O)[C@@H]2O)[C@@H](O)[C@@H](CO)O[C@@H]1O. The lowest BCUT2D eigenvalue weighted by atomic mass is 9.93. The van der Waals surface area contributed by atoms with Crippen LogP contribution >= 0.6 is 0 Å². The van der Waals surface area contributed by atoms with Crippen molar-refractivity contribution in [2.24, 2.45) is 0 Å². The number of aliphatic hydroxyl groups excluding tert-OH is 21. The van der Waals surface area contributed by atoms with Crippen molar-refractivity contribution in [2.45, 2.75) is 280 Å². The van der Waals surface area contributed by atoms with Gasteiger partial charge in [-0.05, 0) is 13.8 Å². The highest BCUT2D eigenvalue weighted by molar-refractivity contribution is 5.74. The van der Waals surface area contributed by atoms with E-state index in [9.17, 15) is 122 Å². The molecule has 8 saturated heterocycles. The quantitative estimate of drug-likeness (QED) is 0.0452. The fourth-order valence-corrected chi connectivity index (χ4v) is 12.4. The molecule has 0 aliphatic carbocycles. The standard InChI is InChI=1S/C54H91N3O39/c1-12-26(66)35(75)38(78)50(83-12)95-45-43(93-49-25(57-16(5)65)42(31(71)20(9-61)87-49)91-52-40(80)37(77)29(69)18(7-59)88-52)32(72)21(10-62)89-53(45)94-44-33(73)22(11-82-48-23(55-14(3)63)34(74)28(68)17(6-58)86-48)90-54(46(44)96-51-39(79)36(76)27(67)13(2)84-51)92-41-24(56-15(4)64)47(81)85-19(8-60)30(41)70/h12-13,17-54,58-62,66-81H,6-11H2,1-5H3,(H,55,63)(H,56,64)(H,57,65)/t12-,13-,17+,18+,19+,20+,21+,22+,23+,24+,25+,26+,27+,28+,29-,30-,31-,32-,33-,34+,35+,36+,37-,38-,39-,40+,41+,42+,43-,44-,45+,46+,47-,48+,49+,50-,51-,52+,53-,54-/m0/s1. The first kappa shape index (κ1) is 78.7. The van der Waals surface area contributed by atoms with Gasteiger partial charge in [0, 0.05) is 20.8 Å². The second-order valence-electron chi connectivity index (χ2n) is 24.6. The van der Waals surface area contributed by atoms with Gasteiger partial charge in [-0.1, -0.05) is 0 Å². The molecule has 8 fully saturated rings. The van der Waals surface area contributed by atoms with E-state index in [0.29, 0.717) is 0 Å². The minimum absolute atomic E-state index is 0.815. The molecule has 8 aliphatic heterocycles. The number of rotatable bonds is 23. The Morgan fingerprint density at radius 3 is 1.06 bits per heavy atom. The predicted molar refractivity (Wildman–Crippen MR) is 296 cm³/mol. The maximum atomic E-state index is 13.2. The van der Waals surface area contributed by atoms with Crippen molar-refractivity contribution in [3.63, 3.8) is 0 Å². The molecule has 42 nitrogen and oxygen atoms in total. The number of ether oxygens (including phenoxy) is 15. The van der Waals surface area contributed by atoms with Gasteiger partial charge in [-0.15, -0.1) is 0 Å². The average molecular weight is 1410 g/mol. The molecule has 96 heavy (non-hydrogen) atoms. The van der Waals surface area contributed by atoms with Crippen LogP contribution in [0.2, 0.25) is 0 Å². The summed E-state index contributed by atoms with van der Waals surface area (Å²) in [6.45, 7) is -1.01. The van der Waals surface area contributed by atoms with Gasteiger partial charge in [-0.25, -0.2) is 0 Å². The first-order chi connectivity index (χ1) is 45.3. The van der Waals surface area contributed by atoms with E-state index in [0.717, 1.165) is 20.8 Å². The summed E-state index contributed by atoms with van der Waals surface area (Å²) in [5.74, 6) is -2.66. The Balaban J connectivity index is 1.27. The lowest BCUT2D eigenvalue weighted by Crippen LogP contribution is -2.71. The van der Waals surface area contributed by atoms with Crippen molar-refractivity contribution in [1.82, 2.24) is 16.0 Å². The molecule has 0 spiro atoms. The molecule has 0 aromatic rings. The summed E-state index contributed by atoms with van der Waals surface area (Å²) in [6.07, 6.45) is -76.1. The molecule has 0 aromatic heterocycles. The van der Waals surface area contributed by atoms with E-state index in [4.69, 9.17) is 71.1 Å². The Morgan fingerprint density at radius 2 is 0.594 bits per heavy atom. The molecule has 0 bridgehead atoms. The third-order valence-corrected chi connectivity index (χ3v) is 17.8. The number of aliphatic hydroxyl groups is 21. The zero-order valence-corrected chi connectivity index (χ0v) is 52.1. The van der Waals surface area contributed by atoms with Crippen LogP contribution < -0.4 is 16.0 Å². The highest BCUT2D eigenvalue weighted by Crippen LogP contribution is 2.41. The van der Waals surface area contributed by atoms with E-state index in [1.54, 1.807) is 0 Å². The van der Waals surface area contributed by atoms with Gasteiger partial charge in [-0.2, -0.15) is 0 Å². The third kappa shape index (κ3) is 17.0. The van der Waals surface area contributed by atoms with E-state index in [1.165, 1.54) is 13.8 Å². The number of hydrogen-bond donors (Lipinski definition) is 24. The van der Waals surface area contributed by atoms with Gasteiger partial charge in [0.25, 0.3) is 0 Å². The Morgan fingerprint density at radius 1 is 0.292 bits per heavy atom. The van der Waals surface area contributed by atoms with Crippen molar-refractivity contribution in [2.75, 3.05) is 39.6 Å². The number of carbonyl (C=O) groups is 3. The molecule has 8 aliphatic rings. The van der Waals surface area contributed by atoms with E-state index in [-0.39, 0.29) is 0 Å². The van der Waals surface area contributed by atoms with Gasteiger partial charge >= 0.3 is 0 Å². The van der Waals surface area contributed by atoms with Gasteiger partial charge < -0.3 is 194 Å². The van der Waals surface area contributed by atoms with Crippen LogP contribution in [0.3, 0.4) is 0 Å². The summed E-state index contributed by atoms with van der Waals surface area (Å²) in [5.41, 5.74) is 0. The van der Waals surface area contributed by atoms with E-state index >= 15 is 0 Å². The molecule has 556 valence electrons. The number of nitrogens with one attached hydrogen (secondary N) is 3. The topological polar surface area (TPSA) is 651 Å². The van der Waals surface area contributed by atoms with Gasteiger partial charge in [-0.3, -0.25) is 14.4 Å². The average Bonchev–Trinajstić information content (AvgIpc) is 0.760. The second-order valence-corrected chi connectivity index (χ2v) is 24.6. The van der Waals surface area contributed by atoms with Gasteiger partial charge in [0.2, 0.25) is 17.7 Å². The fraction of sp³-hybridized carbons (Fsp3) is 0.944. The Hall–Kier alpha value is -3.03. The Labute approximate surface area is 545 Å². The van der Waals surface area contributed by atoms with E-state index < -0.39 is 303 Å². The summed E-state index contributed by atoms with van der Waals surface area (Å²) >= 11 is 0. The summed E-state index contributed by atoms with van der Waals surface area (Å²) < 4.78 is 90.8. The van der Waals surface area contributed by atoms with Crippen molar-refractivity contribution < 1.29 is 193 Å². The van der Waals surface area contributed by atoms with Crippen LogP contribution in [0.5, 0.6) is 0 Å². The minimum Gasteiger partial charge on any atom is -0.394 e. The molecule has 0 saturated carbocycles. The molecule has 24 N–H and O–H groups in total. The Bertz CT molecular complexity index is 2470. The van der Waals surface area contributed by atoms with E-state index in [1.807, 2.05) is 0 Å². The normalized spacial score (nSPS) is 50.3. The van der Waals surface area contributed by atoms with Crippen molar-refractivity contribution >= 4 is 17.7 Å². The first-order valence-corrected chi connectivity index (χ1v) is 30.8. The number of carbonyl (C=O) groups excluding carboxylic acids is 3.